The predicted molar refractivity (Wildman–Crippen MR) is 63.5 cm³/mol. The molecule has 0 spiro atoms. The molecule has 0 unspecified atom stereocenters. The SMILES string of the molecule is CCN(CCC(=O)OC)c1cccc(C)n1. The van der Waals surface area contributed by atoms with E-state index in [0.717, 1.165) is 18.1 Å². The van der Waals surface area contributed by atoms with E-state index < -0.39 is 0 Å². The first-order valence-electron chi connectivity index (χ1n) is 5.42. The van der Waals surface area contributed by atoms with E-state index in [2.05, 4.69) is 14.6 Å². The zero-order chi connectivity index (χ0) is 12.0. The molecule has 0 aliphatic rings. The van der Waals surface area contributed by atoms with Crippen molar-refractivity contribution >= 4 is 11.8 Å². The zero-order valence-electron chi connectivity index (χ0n) is 10.1. The highest BCUT2D eigenvalue weighted by molar-refractivity contribution is 5.69. The summed E-state index contributed by atoms with van der Waals surface area (Å²) in [5.41, 5.74) is 0.981. The Balaban J connectivity index is 2.64. The molecular weight excluding hydrogens is 204 g/mol. The average Bonchev–Trinajstić information content (AvgIpc) is 2.29. The lowest BCUT2D eigenvalue weighted by Gasteiger charge is -2.21. The molecule has 0 radical (unpaired) electrons. The summed E-state index contributed by atoms with van der Waals surface area (Å²) in [6.07, 6.45) is 0.389. The van der Waals surface area contributed by atoms with Gasteiger partial charge >= 0.3 is 5.97 Å². The fraction of sp³-hybridized carbons (Fsp3) is 0.500. The van der Waals surface area contributed by atoms with Crippen LogP contribution in [0.4, 0.5) is 5.82 Å². The third kappa shape index (κ3) is 3.53. The number of methoxy groups -OCH3 is 1. The first-order chi connectivity index (χ1) is 7.67. The van der Waals surface area contributed by atoms with Crippen molar-refractivity contribution in [3.05, 3.63) is 23.9 Å². The van der Waals surface area contributed by atoms with Gasteiger partial charge < -0.3 is 9.64 Å². The van der Waals surface area contributed by atoms with Crippen molar-refractivity contribution in [1.82, 2.24) is 4.98 Å². The first kappa shape index (κ1) is 12.5. The number of nitrogens with zero attached hydrogens (tertiary/aromatic N) is 2. The normalized spacial score (nSPS) is 9.94. The second kappa shape index (κ2) is 6.10. The molecule has 1 aromatic heterocycles. The molecule has 0 aliphatic heterocycles. The molecule has 0 saturated carbocycles. The molecule has 0 N–H and O–H groups in total. The number of aryl methyl sites for hydroxylation is 1. The second-order valence-electron chi connectivity index (χ2n) is 3.54. The van der Waals surface area contributed by atoms with Gasteiger partial charge in [-0.1, -0.05) is 6.07 Å². The van der Waals surface area contributed by atoms with Gasteiger partial charge in [-0.2, -0.15) is 0 Å². The van der Waals surface area contributed by atoms with Crippen LogP contribution in [0, 0.1) is 6.92 Å². The maximum Gasteiger partial charge on any atom is 0.307 e. The van der Waals surface area contributed by atoms with Crippen molar-refractivity contribution in [1.29, 1.82) is 0 Å². The van der Waals surface area contributed by atoms with E-state index in [0.29, 0.717) is 13.0 Å². The number of aromatic nitrogens is 1. The standard InChI is InChI=1S/C12H18N2O2/c1-4-14(9-8-12(15)16-3)11-7-5-6-10(2)13-11/h5-7H,4,8-9H2,1-3H3. The van der Waals surface area contributed by atoms with Crippen molar-refractivity contribution in [2.24, 2.45) is 0 Å². The summed E-state index contributed by atoms with van der Waals surface area (Å²) in [5.74, 6) is 0.720. The second-order valence-corrected chi connectivity index (χ2v) is 3.54. The van der Waals surface area contributed by atoms with Gasteiger partial charge in [-0.25, -0.2) is 4.98 Å². The molecular formula is C12H18N2O2. The third-order valence-corrected chi connectivity index (χ3v) is 2.39. The molecule has 0 fully saturated rings. The molecule has 0 atom stereocenters. The minimum Gasteiger partial charge on any atom is -0.469 e. The molecule has 0 aromatic carbocycles. The number of ether oxygens (including phenoxy) is 1. The van der Waals surface area contributed by atoms with Crippen LogP contribution in [0.1, 0.15) is 19.0 Å². The maximum absolute atomic E-state index is 11.1. The lowest BCUT2D eigenvalue weighted by atomic mass is 10.3. The van der Waals surface area contributed by atoms with Gasteiger partial charge in [0.1, 0.15) is 5.82 Å². The number of rotatable bonds is 5. The third-order valence-electron chi connectivity index (χ3n) is 2.39. The highest BCUT2D eigenvalue weighted by Crippen LogP contribution is 2.11. The van der Waals surface area contributed by atoms with Crippen molar-refractivity contribution in [2.45, 2.75) is 20.3 Å². The molecule has 0 amide bonds. The summed E-state index contributed by atoms with van der Waals surface area (Å²) in [7, 11) is 1.41. The number of hydrogen-bond donors (Lipinski definition) is 0. The topological polar surface area (TPSA) is 42.4 Å². The van der Waals surface area contributed by atoms with E-state index in [1.54, 1.807) is 0 Å². The van der Waals surface area contributed by atoms with E-state index >= 15 is 0 Å². The Kier molecular flexibility index (Phi) is 4.76. The van der Waals surface area contributed by atoms with Gasteiger partial charge in [-0.05, 0) is 26.0 Å². The number of anilines is 1. The van der Waals surface area contributed by atoms with Crippen LogP contribution in [0.25, 0.3) is 0 Å². The van der Waals surface area contributed by atoms with E-state index in [1.807, 2.05) is 32.0 Å². The fourth-order valence-corrected chi connectivity index (χ4v) is 1.47. The highest BCUT2D eigenvalue weighted by Gasteiger charge is 2.08. The Morgan fingerprint density at radius 2 is 2.25 bits per heavy atom. The molecule has 1 aromatic rings. The van der Waals surface area contributed by atoms with Crippen LogP contribution in [0.2, 0.25) is 0 Å². The average molecular weight is 222 g/mol. The van der Waals surface area contributed by atoms with Gasteiger partial charge in [0.2, 0.25) is 0 Å². The lowest BCUT2D eigenvalue weighted by molar-refractivity contribution is -0.140. The van der Waals surface area contributed by atoms with Crippen molar-refractivity contribution in [2.75, 3.05) is 25.1 Å². The van der Waals surface area contributed by atoms with Crippen LogP contribution < -0.4 is 4.90 Å². The highest BCUT2D eigenvalue weighted by atomic mass is 16.5. The molecule has 1 rings (SSSR count). The molecule has 0 aliphatic carbocycles. The zero-order valence-corrected chi connectivity index (χ0v) is 10.1. The summed E-state index contributed by atoms with van der Waals surface area (Å²) < 4.78 is 4.62. The van der Waals surface area contributed by atoms with Gasteiger partial charge in [0.25, 0.3) is 0 Å². The maximum atomic E-state index is 11.1. The van der Waals surface area contributed by atoms with Crippen LogP contribution in [0.15, 0.2) is 18.2 Å². The van der Waals surface area contributed by atoms with Crippen molar-refractivity contribution < 1.29 is 9.53 Å². The minimum atomic E-state index is -0.189. The van der Waals surface area contributed by atoms with Crippen LogP contribution >= 0.6 is 0 Å². The summed E-state index contributed by atoms with van der Waals surface area (Å²) in [6.45, 7) is 5.46. The minimum absolute atomic E-state index is 0.189. The monoisotopic (exact) mass is 222 g/mol. The van der Waals surface area contributed by atoms with Gasteiger partial charge in [-0.15, -0.1) is 0 Å². The Hall–Kier alpha value is -1.58. The summed E-state index contributed by atoms with van der Waals surface area (Å²) in [4.78, 5) is 17.5. The van der Waals surface area contributed by atoms with Gasteiger partial charge in [0.05, 0.1) is 13.5 Å². The Labute approximate surface area is 96.2 Å². The van der Waals surface area contributed by atoms with Crippen LogP contribution in [-0.4, -0.2) is 31.2 Å². The van der Waals surface area contributed by atoms with E-state index in [-0.39, 0.29) is 5.97 Å². The predicted octanol–water partition coefficient (Wildman–Crippen LogP) is 1.78. The number of esters is 1. The molecule has 4 nitrogen and oxygen atoms in total. The van der Waals surface area contributed by atoms with Crippen molar-refractivity contribution in [3.63, 3.8) is 0 Å². The first-order valence-corrected chi connectivity index (χ1v) is 5.42. The molecule has 0 saturated heterocycles. The van der Waals surface area contributed by atoms with Gasteiger partial charge in [-0.3, -0.25) is 4.79 Å². The fourth-order valence-electron chi connectivity index (χ4n) is 1.47. The van der Waals surface area contributed by atoms with Gasteiger partial charge in [0, 0.05) is 18.8 Å². The Morgan fingerprint density at radius 3 is 2.81 bits per heavy atom. The Bertz CT molecular complexity index is 353. The summed E-state index contributed by atoms with van der Waals surface area (Å²) >= 11 is 0. The van der Waals surface area contributed by atoms with Crippen LogP contribution in [0.3, 0.4) is 0 Å². The van der Waals surface area contributed by atoms with Crippen molar-refractivity contribution in [3.8, 4) is 0 Å². The van der Waals surface area contributed by atoms with E-state index in [9.17, 15) is 4.79 Å². The molecule has 1 heterocycles. The molecule has 16 heavy (non-hydrogen) atoms. The number of pyridine rings is 1. The lowest BCUT2D eigenvalue weighted by Crippen LogP contribution is -2.27. The largest absolute Gasteiger partial charge is 0.469 e. The smallest absolute Gasteiger partial charge is 0.307 e. The van der Waals surface area contributed by atoms with Crippen LogP contribution in [0.5, 0.6) is 0 Å². The van der Waals surface area contributed by atoms with Crippen LogP contribution in [-0.2, 0) is 9.53 Å². The molecule has 88 valence electrons. The van der Waals surface area contributed by atoms with E-state index in [1.165, 1.54) is 7.11 Å². The number of carbonyl (C=O) groups excluding carboxylic acids is 1. The summed E-state index contributed by atoms with van der Waals surface area (Å²) in [6, 6.07) is 5.88. The van der Waals surface area contributed by atoms with E-state index in [4.69, 9.17) is 0 Å². The van der Waals surface area contributed by atoms with Gasteiger partial charge in [0.15, 0.2) is 0 Å². The number of hydrogen-bond acceptors (Lipinski definition) is 4. The Morgan fingerprint density at radius 1 is 1.50 bits per heavy atom. The quantitative estimate of drug-likeness (QED) is 0.712. The molecule has 4 heteroatoms. The molecule has 0 bridgehead atoms. The number of carbonyl (C=O) groups is 1. The summed E-state index contributed by atoms with van der Waals surface area (Å²) in [5, 5.41) is 0.